The van der Waals surface area contributed by atoms with Gasteiger partial charge in [0, 0.05) is 17.2 Å². The first-order chi connectivity index (χ1) is 22.3. The Bertz CT molecular complexity index is 2290. The minimum atomic E-state index is -0.733. The van der Waals surface area contributed by atoms with Crippen LogP contribution in [-0.4, -0.2) is 21.5 Å². The molecule has 228 valence electrons. The summed E-state index contributed by atoms with van der Waals surface area (Å²) < 4.78 is 13.7. The minimum absolute atomic E-state index is 0.144. The lowest BCUT2D eigenvalue weighted by Crippen LogP contribution is -2.38. The SMILES string of the molecule is COc1ccccc1[C@@H]1C2=C(N=c3s/c(=C\c4cccc(Oc5ccc([N+](=O)[O-])cc5[N+](=O)[O-])c4)c(=O)n31)c1ccccc1CC2. The molecule has 0 amide bonds. The van der Waals surface area contributed by atoms with E-state index < -0.39 is 27.3 Å². The molecule has 2 aliphatic rings. The van der Waals surface area contributed by atoms with Crippen LogP contribution in [0.15, 0.2) is 106 Å². The van der Waals surface area contributed by atoms with Crippen LogP contribution in [0.25, 0.3) is 11.8 Å². The number of non-ortho nitro benzene ring substituents is 1. The zero-order chi connectivity index (χ0) is 31.9. The zero-order valence-corrected chi connectivity index (χ0v) is 25.1. The first kappa shape index (κ1) is 28.9. The number of rotatable bonds is 7. The van der Waals surface area contributed by atoms with Crippen molar-refractivity contribution in [2.45, 2.75) is 18.9 Å². The number of allylic oxidation sites excluding steroid dienone is 1. The molecule has 0 spiro atoms. The number of thiazole rings is 1. The standard InChI is InChI=1S/C34H24N4O7S/c1-44-28-12-5-4-11-25(28)32-26-15-13-21-8-2-3-10-24(21)31(26)35-34-36(32)33(39)30(46-34)18-20-7-6-9-23(17-20)45-29-16-14-22(37(40)41)19-27(29)38(42)43/h2-12,14,16-19,32H,13,15H2,1H3/b30-18-/t32-/m1/s1. The lowest BCUT2D eigenvalue weighted by molar-refractivity contribution is -0.394. The van der Waals surface area contributed by atoms with Gasteiger partial charge in [0.15, 0.2) is 4.80 Å². The van der Waals surface area contributed by atoms with Gasteiger partial charge in [0.1, 0.15) is 11.5 Å². The largest absolute Gasteiger partial charge is 0.496 e. The van der Waals surface area contributed by atoms with Crippen LogP contribution in [0.4, 0.5) is 11.4 Å². The van der Waals surface area contributed by atoms with Gasteiger partial charge in [0.2, 0.25) is 5.75 Å². The van der Waals surface area contributed by atoms with Gasteiger partial charge in [-0.05, 0) is 59.9 Å². The zero-order valence-electron chi connectivity index (χ0n) is 24.3. The molecule has 0 radical (unpaired) electrons. The van der Waals surface area contributed by atoms with Crippen molar-refractivity contribution < 1.29 is 19.3 Å². The quantitative estimate of drug-likeness (QED) is 0.160. The summed E-state index contributed by atoms with van der Waals surface area (Å²) in [7, 11) is 1.62. The van der Waals surface area contributed by atoms with E-state index in [1.54, 1.807) is 42.0 Å². The van der Waals surface area contributed by atoms with Gasteiger partial charge < -0.3 is 9.47 Å². The molecule has 0 saturated heterocycles. The first-order valence-electron chi connectivity index (χ1n) is 14.3. The maximum Gasteiger partial charge on any atom is 0.318 e. The molecule has 0 fully saturated rings. The van der Waals surface area contributed by atoms with Crippen LogP contribution in [0.3, 0.4) is 0 Å². The Labute approximate surface area is 264 Å². The van der Waals surface area contributed by atoms with E-state index in [0.717, 1.165) is 47.4 Å². The number of benzene rings is 4. The average Bonchev–Trinajstić information content (AvgIpc) is 3.37. The van der Waals surface area contributed by atoms with Gasteiger partial charge in [0.25, 0.3) is 11.2 Å². The van der Waals surface area contributed by atoms with Crippen molar-refractivity contribution >= 4 is 34.5 Å². The predicted molar refractivity (Wildman–Crippen MR) is 172 cm³/mol. The number of para-hydroxylation sites is 1. The number of nitro benzene ring substituents is 2. The van der Waals surface area contributed by atoms with Gasteiger partial charge >= 0.3 is 5.69 Å². The number of nitro groups is 2. The van der Waals surface area contributed by atoms with Crippen LogP contribution >= 0.6 is 11.3 Å². The van der Waals surface area contributed by atoms with Crippen LogP contribution in [0.2, 0.25) is 0 Å². The van der Waals surface area contributed by atoms with Crippen molar-refractivity contribution in [3.8, 4) is 17.2 Å². The van der Waals surface area contributed by atoms with E-state index in [9.17, 15) is 25.0 Å². The van der Waals surface area contributed by atoms with Crippen molar-refractivity contribution in [3.63, 3.8) is 0 Å². The van der Waals surface area contributed by atoms with Crippen molar-refractivity contribution in [2.75, 3.05) is 7.11 Å². The number of aromatic nitrogens is 1. The third kappa shape index (κ3) is 5.04. The van der Waals surface area contributed by atoms with E-state index in [0.29, 0.717) is 20.6 Å². The van der Waals surface area contributed by atoms with E-state index in [4.69, 9.17) is 14.5 Å². The minimum Gasteiger partial charge on any atom is -0.496 e. The summed E-state index contributed by atoms with van der Waals surface area (Å²) in [5, 5.41) is 22.7. The lowest BCUT2D eigenvalue weighted by atomic mass is 9.83. The molecule has 4 aromatic carbocycles. The molecule has 11 nitrogen and oxygen atoms in total. The van der Waals surface area contributed by atoms with Crippen molar-refractivity contribution in [1.29, 1.82) is 0 Å². The summed E-state index contributed by atoms with van der Waals surface area (Å²) in [6.07, 6.45) is 3.31. The molecule has 0 saturated carbocycles. The number of aryl methyl sites for hydroxylation is 1. The van der Waals surface area contributed by atoms with E-state index >= 15 is 0 Å². The molecule has 0 unspecified atom stereocenters. The highest BCUT2D eigenvalue weighted by molar-refractivity contribution is 7.07. The number of hydrogen-bond donors (Lipinski definition) is 0. The Hall–Kier alpha value is -5.88. The average molecular weight is 633 g/mol. The van der Waals surface area contributed by atoms with Crippen molar-refractivity contribution in [1.82, 2.24) is 4.57 Å². The third-order valence-corrected chi connectivity index (χ3v) is 9.02. The highest BCUT2D eigenvalue weighted by atomic mass is 32.1. The molecule has 1 aliphatic carbocycles. The summed E-state index contributed by atoms with van der Waals surface area (Å²) in [5.74, 6) is 0.798. The van der Waals surface area contributed by atoms with Crippen LogP contribution in [0.5, 0.6) is 17.2 Å². The Kier molecular flexibility index (Phi) is 7.26. The fourth-order valence-electron chi connectivity index (χ4n) is 5.99. The van der Waals surface area contributed by atoms with Crippen LogP contribution < -0.4 is 24.4 Å². The molecule has 46 heavy (non-hydrogen) atoms. The third-order valence-electron chi connectivity index (χ3n) is 8.04. The molecule has 12 heteroatoms. The van der Waals surface area contributed by atoms with Crippen LogP contribution in [0.1, 0.15) is 34.7 Å². The first-order valence-corrected chi connectivity index (χ1v) is 15.1. The number of nitrogens with zero attached hydrogens (tertiary/aromatic N) is 4. The molecule has 0 N–H and O–H groups in total. The van der Waals surface area contributed by atoms with Gasteiger partial charge in [-0.2, -0.15) is 0 Å². The predicted octanol–water partition coefficient (Wildman–Crippen LogP) is 5.94. The van der Waals surface area contributed by atoms with Gasteiger partial charge in [-0.15, -0.1) is 0 Å². The summed E-state index contributed by atoms with van der Waals surface area (Å²) in [6, 6.07) is 25.4. The Morgan fingerprint density at radius 1 is 0.913 bits per heavy atom. The fraction of sp³-hybridized carbons (Fsp3) is 0.118. The maximum atomic E-state index is 14.2. The smallest absolute Gasteiger partial charge is 0.318 e. The maximum absolute atomic E-state index is 14.2. The summed E-state index contributed by atoms with van der Waals surface area (Å²) >= 11 is 1.28. The monoisotopic (exact) mass is 632 g/mol. The highest BCUT2D eigenvalue weighted by Crippen LogP contribution is 2.43. The Morgan fingerprint density at radius 3 is 2.52 bits per heavy atom. The van der Waals surface area contributed by atoms with Gasteiger partial charge in [0.05, 0.1) is 39.3 Å². The van der Waals surface area contributed by atoms with Gasteiger partial charge in [-0.3, -0.25) is 29.6 Å². The van der Waals surface area contributed by atoms with Crippen molar-refractivity contribution in [2.24, 2.45) is 4.99 Å². The lowest BCUT2D eigenvalue weighted by Gasteiger charge is -2.31. The van der Waals surface area contributed by atoms with Crippen LogP contribution in [0, 0.1) is 20.2 Å². The molecular formula is C34H24N4O7S. The van der Waals surface area contributed by atoms with Crippen molar-refractivity contribution in [3.05, 3.63) is 159 Å². The van der Waals surface area contributed by atoms with E-state index in [-0.39, 0.29) is 17.1 Å². The van der Waals surface area contributed by atoms with Crippen LogP contribution in [-0.2, 0) is 6.42 Å². The van der Waals surface area contributed by atoms with E-state index in [1.165, 1.54) is 23.0 Å². The number of methoxy groups -OCH3 is 1. The van der Waals surface area contributed by atoms with Gasteiger partial charge in [-0.1, -0.05) is 65.9 Å². The Morgan fingerprint density at radius 2 is 1.72 bits per heavy atom. The second-order valence-corrected chi connectivity index (χ2v) is 11.7. The Balaban J connectivity index is 1.34. The highest BCUT2D eigenvalue weighted by Gasteiger charge is 2.34. The number of fused-ring (bicyclic) bond motifs is 3. The summed E-state index contributed by atoms with van der Waals surface area (Å²) in [5.41, 5.74) is 4.55. The molecular weight excluding hydrogens is 608 g/mol. The molecule has 2 heterocycles. The normalized spacial score (nSPS) is 15.3. The molecule has 1 aromatic heterocycles. The number of ether oxygens (including phenoxy) is 2. The second kappa shape index (κ2) is 11.6. The van der Waals surface area contributed by atoms with E-state index in [1.807, 2.05) is 36.4 Å². The molecule has 1 atom stereocenters. The van der Waals surface area contributed by atoms with Gasteiger partial charge in [-0.25, -0.2) is 4.99 Å². The molecule has 7 rings (SSSR count). The molecule has 1 aliphatic heterocycles. The topological polar surface area (TPSA) is 139 Å². The molecule has 0 bridgehead atoms. The van der Waals surface area contributed by atoms with E-state index in [2.05, 4.69) is 12.1 Å². The number of hydrogen-bond acceptors (Lipinski definition) is 9. The molecule has 5 aromatic rings. The summed E-state index contributed by atoms with van der Waals surface area (Å²) in [6.45, 7) is 0. The fourth-order valence-corrected chi connectivity index (χ4v) is 6.99. The second-order valence-electron chi connectivity index (χ2n) is 10.7. The summed E-state index contributed by atoms with van der Waals surface area (Å²) in [4.78, 5) is 41.1.